The average molecular weight is 313 g/mol. The Morgan fingerprint density at radius 2 is 1.39 bits per heavy atom. The molecule has 0 bridgehead atoms. The fourth-order valence-corrected chi connectivity index (χ4v) is 3.06. The molecule has 0 saturated heterocycles. The summed E-state index contributed by atoms with van der Waals surface area (Å²) in [5.74, 6) is 1.17. The van der Waals surface area contributed by atoms with Crippen LogP contribution in [-0.2, 0) is 6.54 Å². The summed E-state index contributed by atoms with van der Waals surface area (Å²) in [4.78, 5) is 0. The Hall–Kier alpha value is -1.87. The van der Waals surface area contributed by atoms with Crippen LogP contribution in [0, 0.1) is 5.82 Å². The summed E-state index contributed by atoms with van der Waals surface area (Å²) >= 11 is 0. The Bertz CT molecular complexity index is 586. The van der Waals surface area contributed by atoms with E-state index in [-0.39, 0.29) is 5.82 Å². The van der Waals surface area contributed by atoms with E-state index in [0.29, 0.717) is 11.8 Å². The van der Waals surface area contributed by atoms with Gasteiger partial charge in [-0.25, -0.2) is 4.39 Å². The summed E-state index contributed by atoms with van der Waals surface area (Å²) in [7, 11) is 0. The van der Waals surface area contributed by atoms with Crippen LogP contribution in [0.15, 0.2) is 48.5 Å². The lowest BCUT2D eigenvalue weighted by molar-refractivity contribution is 0.458. The van der Waals surface area contributed by atoms with Gasteiger partial charge in [0.2, 0.25) is 0 Å². The van der Waals surface area contributed by atoms with Crippen molar-refractivity contribution in [3.8, 4) is 11.5 Å². The Morgan fingerprint density at radius 1 is 0.826 bits per heavy atom. The molecule has 0 amide bonds. The van der Waals surface area contributed by atoms with Gasteiger partial charge >= 0.3 is 0 Å². The van der Waals surface area contributed by atoms with Crippen LogP contribution in [-0.4, -0.2) is 6.04 Å². The highest BCUT2D eigenvalue weighted by molar-refractivity contribution is 5.33. The predicted octanol–water partition coefficient (Wildman–Crippen LogP) is 5.43. The quantitative estimate of drug-likeness (QED) is 0.743. The smallest absolute Gasteiger partial charge is 0.127 e. The zero-order valence-corrected chi connectivity index (χ0v) is 13.4. The minimum absolute atomic E-state index is 0.253. The zero-order valence-electron chi connectivity index (χ0n) is 13.4. The fraction of sp³-hybridized carbons (Fsp3) is 0.400. The predicted molar refractivity (Wildman–Crippen MR) is 91.2 cm³/mol. The molecule has 0 aliphatic heterocycles. The zero-order chi connectivity index (χ0) is 15.9. The van der Waals surface area contributed by atoms with Crippen molar-refractivity contribution in [2.24, 2.45) is 0 Å². The summed E-state index contributed by atoms with van der Waals surface area (Å²) in [6, 6.07) is 14.8. The van der Waals surface area contributed by atoms with Crippen LogP contribution in [0.1, 0.15) is 44.1 Å². The van der Waals surface area contributed by atoms with E-state index in [1.54, 1.807) is 12.1 Å². The van der Waals surface area contributed by atoms with E-state index in [1.807, 2.05) is 12.1 Å². The highest BCUT2D eigenvalue weighted by Gasteiger charge is 2.11. The van der Waals surface area contributed by atoms with Gasteiger partial charge < -0.3 is 10.1 Å². The molecule has 2 aromatic rings. The standard InChI is InChI=1S/C20H24FNO/c21-17-9-13-20(14-10-17)23-19-11-7-16(8-12-19)15-22-18-5-3-1-2-4-6-18/h7-14,18,22H,1-6,15H2. The first-order chi connectivity index (χ1) is 11.3. The molecule has 0 atom stereocenters. The van der Waals surface area contributed by atoms with Crippen molar-refractivity contribution in [1.82, 2.24) is 5.32 Å². The Labute approximate surface area is 137 Å². The second-order valence-corrected chi connectivity index (χ2v) is 6.27. The molecule has 0 unspecified atom stereocenters. The second kappa shape index (κ2) is 8.11. The van der Waals surface area contributed by atoms with Gasteiger partial charge in [0.1, 0.15) is 17.3 Å². The van der Waals surface area contributed by atoms with Crippen LogP contribution in [0.4, 0.5) is 4.39 Å². The van der Waals surface area contributed by atoms with Crippen LogP contribution < -0.4 is 10.1 Å². The van der Waals surface area contributed by atoms with Gasteiger partial charge in [-0.1, -0.05) is 37.8 Å². The molecule has 2 nitrogen and oxygen atoms in total. The fourth-order valence-electron chi connectivity index (χ4n) is 3.06. The molecule has 23 heavy (non-hydrogen) atoms. The maximum absolute atomic E-state index is 12.9. The third-order valence-corrected chi connectivity index (χ3v) is 4.42. The van der Waals surface area contributed by atoms with Crippen molar-refractivity contribution < 1.29 is 9.13 Å². The Kier molecular flexibility index (Phi) is 5.65. The van der Waals surface area contributed by atoms with E-state index < -0.39 is 0 Å². The number of hydrogen-bond acceptors (Lipinski definition) is 2. The number of nitrogens with one attached hydrogen (secondary N) is 1. The number of benzene rings is 2. The van der Waals surface area contributed by atoms with E-state index in [2.05, 4.69) is 17.4 Å². The van der Waals surface area contributed by atoms with Gasteiger partial charge in [0.25, 0.3) is 0 Å². The molecule has 1 saturated carbocycles. The minimum atomic E-state index is -0.253. The summed E-state index contributed by atoms with van der Waals surface area (Å²) in [5.41, 5.74) is 1.26. The summed E-state index contributed by atoms with van der Waals surface area (Å²) < 4.78 is 18.6. The van der Waals surface area contributed by atoms with Gasteiger partial charge in [-0.15, -0.1) is 0 Å². The minimum Gasteiger partial charge on any atom is -0.457 e. The van der Waals surface area contributed by atoms with Gasteiger partial charge in [-0.2, -0.15) is 0 Å². The molecule has 0 spiro atoms. The lowest BCUT2D eigenvalue weighted by Crippen LogP contribution is -2.27. The van der Waals surface area contributed by atoms with Crippen LogP contribution in [0.2, 0.25) is 0 Å². The molecule has 0 radical (unpaired) electrons. The third-order valence-electron chi connectivity index (χ3n) is 4.42. The molecule has 0 aromatic heterocycles. The van der Waals surface area contributed by atoms with E-state index in [1.165, 1.54) is 56.2 Å². The molecule has 3 rings (SSSR count). The van der Waals surface area contributed by atoms with Crippen LogP contribution in [0.25, 0.3) is 0 Å². The lowest BCUT2D eigenvalue weighted by Gasteiger charge is -2.16. The summed E-state index contributed by atoms with van der Waals surface area (Å²) in [5, 5.41) is 3.67. The van der Waals surface area contributed by atoms with Gasteiger partial charge in [0.15, 0.2) is 0 Å². The molecular formula is C20H24FNO. The highest BCUT2D eigenvalue weighted by atomic mass is 19.1. The Morgan fingerprint density at radius 3 is 2.00 bits per heavy atom. The monoisotopic (exact) mass is 313 g/mol. The molecule has 2 aromatic carbocycles. The van der Waals surface area contributed by atoms with Gasteiger partial charge in [0.05, 0.1) is 0 Å². The van der Waals surface area contributed by atoms with Crippen LogP contribution in [0.5, 0.6) is 11.5 Å². The molecule has 122 valence electrons. The van der Waals surface area contributed by atoms with Crippen LogP contribution >= 0.6 is 0 Å². The van der Waals surface area contributed by atoms with Crippen LogP contribution in [0.3, 0.4) is 0 Å². The van der Waals surface area contributed by atoms with Gasteiger partial charge in [-0.3, -0.25) is 0 Å². The summed E-state index contributed by atoms with van der Waals surface area (Å²) in [6.07, 6.45) is 8.06. The maximum Gasteiger partial charge on any atom is 0.127 e. The average Bonchev–Trinajstić information content (AvgIpc) is 2.85. The largest absolute Gasteiger partial charge is 0.457 e. The molecule has 3 heteroatoms. The first-order valence-corrected chi connectivity index (χ1v) is 8.55. The van der Waals surface area contributed by atoms with Gasteiger partial charge in [0, 0.05) is 12.6 Å². The number of rotatable bonds is 5. The molecule has 0 heterocycles. The van der Waals surface area contributed by atoms with Crippen molar-refractivity contribution in [2.45, 2.75) is 51.1 Å². The van der Waals surface area contributed by atoms with Crippen molar-refractivity contribution in [3.05, 3.63) is 59.9 Å². The normalized spacial score (nSPS) is 16.0. The number of hydrogen-bond donors (Lipinski definition) is 1. The molecule has 1 fully saturated rings. The molecular weight excluding hydrogens is 289 g/mol. The third kappa shape index (κ3) is 5.07. The van der Waals surface area contributed by atoms with Crippen molar-refractivity contribution in [1.29, 1.82) is 0 Å². The molecule has 1 aliphatic carbocycles. The maximum atomic E-state index is 12.9. The molecule has 1 N–H and O–H groups in total. The van der Waals surface area contributed by atoms with E-state index in [9.17, 15) is 4.39 Å². The topological polar surface area (TPSA) is 21.3 Å². The van der Waals surface area contributed by atoms with Crippen molar-refractivity contribution in [3.63, 3.8) is 0 Å². The first kappa shape index (κ1) is 16.0. The number of ether oxygens (including phenoxy) is 1. The van der Waals surface area contributed by atoms with Crippen molar-refractivity contribution >= 4 is 0 Å². The van der Waals surface area contributed by atoms with Gasteiger partial charge in [-0.05, 0) is 54.8 Å². The van der Waals surface area contributed by atoms with E-state index >= 15 is 0 Å². The summed E-state index contributed by atoms with van der Waals surface area (Å²) in [6.45, 7) is 0.904. The highest BCUT2D eigenvalue weighted by Crippen LogP contribution is 2.22. The Balaban J connectivity index is 1.51. The van der Waals surface area contributed by atoms with E-state index in [4.69, 9.17) is 4.74 Å². The lowest BCUT2D eigenvalue weighted by atomic mass is 10.1. The first-order valence-electron chi connectivity index (χ1n) is 8.55. The molecule has 1 aliphatic rings. The SMILES string of the molecule is Fc1ccc(Oc2ccc(CNC3CCCCCC3)cc2)cc1. The van der Waals surface area contributed by atoms with Crippen molar-refractivity contribution in [2.75, 3.05) is 0 Å². The number of halogens is 1. The van der Waals surface area contributed by atoms with E-state index in [0.717, 1.165) is 12.3 Å². The second-order valence-electron chi connectivity index (χ2n) is 6.27.